The minimum absolute atomic E-state index is 0.0252. The lowest BCUT2D eigenvalue weighted by atomic mass is 10.1. The molecule has 1 aliphatic heterocycles. The van der Waals surface area contributed by atoms with E-state index in [4.69, 9.17) is 9.47 Å². The molecule has 3 nitrogen and oxygen atoms in total. The summed E-state index contributed by atoms with van der Waals surface area (Å²) in [7, 11) is 0. The summed E-state index contributed by atoms with van der Waals surface area (Å²) in [4.78, 5) is 11.5. The molecule has 1 aliphatic rings. The van der Waals surface area contributed by atoms with Gasteiger partial charge in [-0.2, -0.15) is 0 Å². The van der Waals surface area contributed by atoms with Crippen molar-refractivity contribution in [1.82, 2.24) is 0 Å². The highest BCUT2D eigenvalue weighted by Crippen LogP contribution is 2.32. The number of allylic oxidation sites excluding steroid dienone is 1. The number of hydrogen-bond acceptors (Lipinski definition) is 3. The quantitative estimate of drug-likeness (QED) is 0.397. The maximum atomic E-state index is 11.5. The number of hydrogen-bond donors (Lipinski definition) is 0. The first-order valence-electron chi connectivity index (χ1n) is 6.15. The van der Waals surface area contributed by atoms with E-state index >= 15 is 0 Å². The average Bonchev–Trinajstić information content (AvgIpc) is 2.98. The molecule has 0 aliphatic carbocycles. The van der Waals surface area contributed by atoms with Crippen molar-refractivity contribution in [1.29, 1.82) is 0 Å². The molecule has 1 saturated heterocycles. The van der Waals surface area contributed by atoms with Crippen molar-refractivity contribution in [3.05, 3.63) is 11.6 Å². The zero-order valence-electron chi connectivity index (χ0n) is 10.7. The highest BCUT2D eigenvalue weighted by atomic mass is 16.6. The first-order chi connectivity index (χ1) is 7.60. The molecule has 0 bridgehead atoms. The van der Waals surface area contributed by atoms with Gasteiger partial charge in [-0.3, -0.25) is 0 Å². The summed E-state index contributed by atoms with van der Waals surface area (Å²) >= 11 is 0. The van der Waals surface area contributed by atoms with E-state index < -0.39 is 0 Å². The van der Waals surface area contributed by atoms with E-state index in [1.165, 1.54) is 5.57 Å². The normalized spacial score (nSPS) is 24.7. The lowest BCUT2D eigenvalue weighted by Gasteiger charge is -2.05. The van der Waals surface area contributed by atoms with Gasteiger partial charge in [-0.15, -0.1) is 0 Å². The molecule has 1 fully saturated rings. The van der Waals surface area contributed by atoms with Crippen molar-refractivity contribution in [2.45, 2.75) is 65.3 Å². The third-order valence-electron chi connectivity index (χ3n) is 2.54. The smallest absolute Gasteiger partial charge is 0.338 e. The van der Waals surface area contributed by atoms with Gasteiger partial charge in [0.15, 0.2) is 6.10 Å². The number of esters is 1. The Kier molecular flexibility index (Phi) is 5.00. The Morgan fingerprint density at radius 1 is 1.38 bits per heavy atom. The SMILES string of the molecule is CCC/C=C(\CC)[C@@H]1O[C@H]1C(=O)OC(C)C. The van der Waals surface area contributed by atoms with Crippen LogP contribution in [-0.4, -0.2) is 24.3 Å². The Morgan fingerprint density at radius 3 is 2.56 bits per heavy atom. The van der Waals surface area contributed by atoms with Crippen LogP contribution in [0, 0.1) is 0 Å². The molecule has 0 unspecified atom stereocenters. The van der Waals surface area contributed by atoms with Gasteiger partial charge < -0.3 is 9.47 Å². The molecule has 0 aromatic carbocycles. The summed E-state index contributed by atoms with van der Waals surface area (Å²) in [6, 6.07) is 0. The van der Waals surface area contributed by atoms with E-state index in [2.05, 4.69) is 19.9 Å². The number of ether oxygens (including phenoxy) is 2. The van der Waals surface area contributed by atoms with Gasteiger partial charge >= 0.3 is 5.97 Å². The molecule has 3 heteroatoms. The Balaban J connectivity index is 2.44. The summed E-state index contributed by atoms with van der Waals surface area (Å²) in [6.07, 6.45) is 4.85. The third kappa shape index (κ3) is 3.63. The molecule has 0 aromatic heterocycles. The zero-order valence-corrected chi connectivity index (χ0v) is 10.7. The molecular formula is C13H22O3. The van der Waals surface area contributed by atoms with Crippen LogP contribution in [0.25, 0.3) is 0 Å². The van der Waals surface area contributed by atoms with Gasteiger partial charge in [0.05, 0.1) is 6.10 Å². The van der Waals surface area contributed by atoms with Crippen LogP contribution in [0.2, 0.25) is 0 Å². The van der Waals surface area contributed by atoms with Crippen LogP contribution in [0.5, 0.6) is 0 Å². The van der Waals surface area contributed by atoms with E-state index in [1.807, 2.05) is 13.8 Å². The lowest BCUT2D eigenvalue weighted by Crippen LogP contribution is -2.18. The van der Waals surface area contributed by atoms with Crippen LogP contribution in [0.3, 0.4) is 0 Å². The van der Waals surface area contributed by atoms with Crippen LogP contribution in [0.4, 0.5) is 0 Å². The van der Waals surface area contributed by atoms with Gasteiger partial charge in [-0.1, -0.05) is 26.3 Å². The molecule has 1 heterocycles. The fraction of sp³-hybridized carbons (Fsp3) is 0.769. The first kappa shape index (κ1) is 13.2. The molecule has 1 rings (SSSR count). The van der Waals surface area contributed by atoms with Crippen molar-refractivity contribution >= 4 is 5.97 Å². The summed E-state index contributed by atoms with van der Waals surface area (Å²) in [5.74, 6) is -0.226. The fourth-order valence-corrected chi connectivity index (χ4v) is 1.66. The van der Waals surface area contributed by atoms with E-state index in [-0.39, 0.29) is 24.3 Å². The van der Waals surface area contributed by atoms with E-state index in [0.29, 0.717) is 0 Å². The number of carbonyl (C=O) groups is 1. The highest BCUT2D eigenvalue weighted by molar-refractivity contribution is 5.79. The molecule has 0 amide bonds. The summed E-state index contributed by atoms with van der Waals surface area (Å²) < 4.78 is 10.5. The van der Waals surface area contributed by atoms with E-state index in [1.54, 1.807) is 0 Å². The van der Waals surface area contributed by atoms with Gasteiger partial charge in [0, 0.05) is 0 Å². The Labute approximate surface area is 97.8 Å². The van der Waals surface area contributed by atoms with E-state index in [9.17, 15) is 4.79 Å². The minimum atomic E-state index is -0.356. The Bertz CT molecular complexity index is 268. The molecular weight excluding hydrogens is 204 g/mol. The van der Waals surface area contributed by atoms with Crippen LogP contribution in [0.1, 0.15) is 47.0 Å². The number of rotatable bonds is 6. The fourth-order valence-electron chi connectivity index (χ4n) is 1.66. The first-order valence-corrected chi connectivity index (χ1v) is 6.15. The molecule has 0 spiro atoms. The number of epoxide rings is 1. The topological polar surface area (TPSA) is 38.8 Å². The Morgan fingerprint density at radius 2 is 2.06 bits per heavy atom. The predicted molar refractivity (Wildman–Crippen MR) is 63.2 cm³/mol. The summed E-state index contributed by atoms with van der Waals surface area (Å²) in [5.41, 5.74) is 1.23. The minimum Gasteiger partial charge on any atom is -0.461 e. The molecule has 0 N–H and O–H groups in total. The maximum Gasteiger partial charge on any atom is 0.338 e. The second-order valence-electron chi connectivity index (χ2n) is 4.38. The highest BCUT2D eigenvalue weighted by Gasteiger charge is 2.48. The lowest BCUT2D eigenvalue weighted by molar-refractivity contribution is -0.148. The van der Waals surface area contributed by atoms with Crippen molar-refractivity contribution in [2.24, 2.45) is 0 Å². The molecule has 2 atom stereocenters. The zero-order chi connectivity index (χ0) is 12.1. The summed E-state index contributed by atoms with van der Waals surface area (Å²) in [6.45, 7) is 7.93. The third-order valence-corrected chi connectivity index (χ3v) is 2.54. The Hall–Kier alpha value is -0.830. The second-order valence-corrected chi connectivity index (χ2v) is 4.38. The average molecular weight is 226 g/mol. The maximum absolute atomic E-state index is 11.5. The number of unbranched alkanes of at least 4 members (excludes halogenated alkanes) is 1. The molecule has 0 radical (unpaired) electrons. The van der Waals surface area contributed by atoms with Crippen LogP contribution in [-0.2, 0) is 14.3 Å². The monoisotopic (exact) mass is 226 g/mol. The van der Waals surface area contributed by atoms with Crippen molar-refractivity contribution < 1.29 is 14.3 Å². The van der Waals surface area contributed by atoms with Gasteiger partial charge in [0.1, 0.15) is 6.10 Å². The van der Waals surface area contributed by atoms with Gasteiger partial charge in [0.25, 0.3) is 0 Å². The van der Waals surface area contributed by atoms with Gasteiger partial charge in [-0.05, 0) is 32.3 Å². The van der Waals surface area contributed by atoms with E-state index in [0.717, 1.165) is 19.3 Å². The summed E-state index contributed by atoms with van der Waals surface area (Å²) in [5, 5.41) is 0. The van der Waals surface area contributed by atoms with Crippen LogP contribution in [0.15, 0.2) is 11.6 Å². The van der Waals surface area contributed by atoms with Crippen molar-refractivity contribution in [3.63, 3.8) is 0 Å². The second kappa shape index (κ2) is 6.04. The predicted octanol–water partition coefficient (Wildman–Crippen LogP) is 2.84. The molecule has 16 heavy (non-hydrogen) atoms. The molecule has 92 valence electrons. The van der Waals surface area contributed by atoms with Crippen LogP contribution < -0.4 is 0 Å². The largest absolute Gasteiger partial charge is 0.461 e. The van der Waals surface area contributed by atoms with Crippen LogP contribution >= 0.6 is 0 Å². The van der Waals surface area contributed by atoms with Gasteiger partial charge in [0.2, 0.25) is 0 Å². The van der Waals surface area contributed by atoms with Crippen molar-refractivity contribution in [3.8, 4) is 0 Å². The molecule has 0 aromatic rings. The molecule has 0 saturated carbocycles. The number of carbonyl (C=O) groups excluding carboxylic acids is 1. The van der Waals surface area contributed by atoms with Crippen molar-refractivity contribution in [2.75, 3.05) is 0 Å². The van der Waals surface area contributed by atoms with Gasteiger partial charge in [-0.25, -0.2) is 4.79 Å². The standard InChI is InChI=1S/C13H22O3/c1-5-7-8-10(6-2)11-12(16-11)13(14)15-9(3)4/h8-9,11-12H,5-7H2,1-4H3/b10-8+/t11-,12+/m0/s1.